The number of hydrogen-bond acceptors (Lipinski definition) is 4. The predicted octanol–water partition coefficient (Wildman–Crippen LogP) is 2.69. The summed E-state index contributed by atoms with van der Waals surface area (Å²) in [4.78, 5) is 0. The molecule has 0 saturated heterocycles. The third-order valence-corrected chi connectivity index (χ3v) is 4.89. The molecule has 0 aliphatic carbocycles. The lowest BCUT2D eigenvalue weighted by atomic mass is 10.1. The molecular formula is C15H25NO3S. The highest BCUT2D eigenvalue weighted by Gasteiger charge is 2.17. The van der Waals surface area contributed by atoms with Gasteiger partial charge in [0.15, 0.2) is 9.84 Å². The maximum atomic E-state index is 12.0. The first-order chi connectivity index (χ1) is 9.48. The average molecular weight is 299 g/mol. The summed E-state index contributed by atoms with van der Waals surface area (Å²) < 4.78 is 29.3. The normalized spacial score (nSPS) is 13.2. The third-order valence-electron chi connectivity index (χ3n) is 3.11. The molecule has 0 radical (unpaired) electrons. The number of benzene rings is 1. The molecule has 0 amide bonds. The molecule has 1 rings (SSSR count). The zero-order chi connectivity index (χ0) is 15.0. The Kier molecular flexibility index (Phi) is 7.02. The molecule has 0 aliphatic rings. The lowest BCUT2D eigenvalue weighted by Gasteiger charge is -2.13. The highest BCUT2D eigenvalue weighted by atomic mass is 32.2. The summed E-state index contributed by atoms with van der Waals surface area (Å²) in [6.45, 7) is 4.58. The molecule has 114 valence electrons. The molecule has 0 saturated carbocycles. The zero-order valence-corrected chi connectivity index (χ0v) is 13.2. The largest absolute Gasteiger partial charge is 0.494 e. The van der Waals surface area contributed by atoms with Crippen molar-refractivity contribution in [1.29, 1.82) is 0 Å². The Labute approximate surface area is 122 Å². The molecule has 20 heavy (non-hydrogen) atoms. The van der Waals surface area contributed by atoms with Crippen LogP contribution in [0.15, 0.2) is 24.3 Å². The number of sulfone groups is 1. The minimum atomic E-state index is -3.08. The number of hydrogen-bond donors (Lipinski definition) is 1. The molecule has 1 unspecified atom stereocenters. The van der Waals surface area contributed by atoms with Gasteiger partial charge in [-0.25, -0.2) is 8.42 Å². The van der Waals surface area contributed by atoms with Crippen LogP contribution in [0.1, 0.15) is 44.7 Å². The highest BCUT2D eigenvalue weighted by molar-refractivity contribution is 7.91. The van der Waals surface area contributed by atoms with Crippen LogP contribution in [0.4, 0.5) is 0 Å². The molecule has 0 aromatic heterocycles. The van der Waals surface area contributed by atoms with E-state index in [2.05, 4.69) is 6.92 Å². The van der Waals surface area contributed by atoms with Gasteiger partial charge in [-0.15, -0.1) is 0 Å². The Morgan fingerprint density at radius 3 is 2.35 bits per heavy atom. The van der Waals surface area contributed by atoms with E-state index in [-0.39, 0.29) is 11.5 Å². The van der Waals surface area contributed by atoms with Gasteiger partial charge in [0.2, 0.25) is 0 Å². The molecule has 0 bridgehead atoms. The van der Waals surface area contributed by atoms with Crippen molar-refractivity contribution < 1.29 is 13.2 Å². The molecule has 1 aromatic carbocycles. The van der Waals surface area contributed by atoms with E-state index in [0.29, 0.717) is 6.61 Å². The van der Waals surface area contributed by atoms with Gasteiger partial charge in [-0.3, -0.25) is 0 Å². The summed E-state index contributed by atoms with van der Waals surface area (Å²) in [5.74, 6) is 1.00. The lowest BCUT2D eigenvalue weighted by molar-refractivity contribution is 0.340. The van der Waals surface area contributed by atoms with Crippen LogP contribution in [0.2, 0.25) is 0 Å². The Hall–Kier alpha value is -1.07. The fourth-order valence-electron chi connectivity index (χ4n) is 2.00. The second-order valence-electron chi connectivity index (χ2n) is 4.93. The fourth-order valence-corrected chi connectivity index (χ4v) is 3.55. The van der Waals surface area contributed by atoms with Gasteiger partial charge in [-0.1, -0.05) is 31.9 Å². The fraction of sp³-hybridized carbons (Fsp3) is 0.600. The van der Waals surface area contributed by atoms with Crippen molar-refractivity contribution in [2.24, 2.45) is 5.73 Å². The number of nitrogens with two attached hydrogens (primary N) is 1. The molecule has 1 aromatic rings. The predicted molar refractivity (Wildman–Crippen MR) is 82.7 cm³/mol. The Bertz CT molecular complexity index is 482. The molecule has 0 spiro atoms. The van der Waals surface area contributed by atoms with Crippen molar-refractivity contribution in [2.45, 2.75) is 39.2 Å². The van der Waals surface area contributed by atoms with Crippen molar-refractivity contribution >= 4 is 9.84 Å². The van der Waals surface area contributed by atoms with Gasteiger partial charge in [-0.05, 0) is 31.0 Å². The van der Waals surface area contributed by atoms with Gasteiger partial charge in [-0.2, -0.15) is 0 Å². The Balaban J connectivity index is 2.58. The standard InChI is InChI=1S/C15H25NO3S/c1-3-5-6-11-20(17,18)12-15(16)13-7-9-14(10-8-13)19-4-2/h7-10,15H,3-6,11-12,16H2,1-2H3. The minimum Gasteiger partial charge on any atom is -0.494 e. The van der Waals surface area contributed by atoms with Crippen LogP contribution in [0.5, 0.6) is 5.75 Å². The van der Waals surface area contributed by atoms with Gasteiger partial charge in [0.05, 0.1) is 18.1 Å². The van der Waals surface area contributed by atoms with Crippen LogP contribution in [0.25, 0.3) is 0 Å². The first-order valence-corrected chi connectivity index (χ1v) is 8.99. The van der Waals surface area contributed by atoms with Crippen molar-refractivity contribution in [3.63, 3.8) is 0 Å². The van der Waals surface area contributed by atoms with Crippen LogP contribution in [-0.2, 0) is 9.84 Å². The molecule has 2 N–H and O–H groups in total. The summed E-state index contributed by atoms with van der Waals surface area (Å²) in [6.07, 6.45) is 2.67. The maximum Gasteiger partial charge on any atom is 0.152 e. The van der Waals surface area contributed by atoms with Crippen molar-refractivity contribution in [1.82, 2.24) is 0 Å². The lowest BCUT2D eigenvalue weighted by Crippen LogP contribution is -2.23. The van der Waals surface area contributed by atoms with E-state index in [4.69, 9.17) is 10.5 Å². The third kappa shape index (κ3) is 5.92. The quantitative estimate of drug-likeness (QED) is 0.712. The zero-order valence-electron chi connectivity index (χ0n) is 12.3. The summed E-state index contributed by atoms with van der Waals surface area (Å²) in [6, 6.07) is 6.83. The van der Waals surface area contributed by atoms with Gasteiger partial charge >= 0.3 is 0 Å². The van der Waals surface area contributed by atoms with Gasteiger partial charge in [0.25, 0.3) is 0 Å². The summed E-state index contributed by atoms with van der Waals surface area (Å²) >= 11 is 0. The molecule has 0 aliphatic heterocycles. The van der Waals surface area contributed by atoms with E-state index in [1.807, 2.05) is 31.2 Å². The summed E-state index contributed by atoms with van der Waals surface area (Å²) in [7, 11) is -3.08. The molecule has 4 nitrogen and oxygen atoms in total. The summed E-state index contributed by atoms with van der Waals surface area (Å²) in [5, 5.41) is 0. The molecule has 0 heterocycles. The number of rotatable bonds is 9. The van der Waals surface area contributed by atoms with Crippen LogP contribution in [0.3, 0.4) is 0 Å². The maximum absolute atomic E-state index is 12.0. The van der Waals surface area contributed by atoms with E-state index < -0.39 is 15.9 Å². The van der Waals surface area contributed by atoms with E-state index in [1.54, 1.807) is 0 Å². The first-order valence-electron chi connectivity index (χ1n) is 7.17. The highest BCUT2D eigenvalue weighted by Crippen LogP contribution is 2.18. The first kappa shape index (κ1) is 17.0. The molecule has 1 atom stereocenters. The molecule has 5 heteroatoms. The van der Waals surface area contributed by atoms with Crippen molar-refractivity contribution in [2.75, 3.05) is 18.1 Å². The van der Waals surface area contributed by atoms with E-state index in [0.717, 1.165) is 30.6 Å². The minimum absolute atomic E-state index is 0.00466. The van der Waals surface area contributed by atoms with Gasteiger partial charge < -0.3 is 10.5 Å². The SMILES string of the molecule is CCCCCS(=O)(=O)CC(N)c1ccc(OCC)cc1. The smallest absolute Gasteiger partial charge is 0.152 e. The van der Waals surface area contributed by atoms with Crippen LogP contribution in [0, 0.1) is 0 Å². The average Bonchev–Trinajstić information content (AvgIpc) is 2.39. The van der Waals surface area contributed by atoms with Crippen molar-refractivity contribution in [3.8, 4) is 5.75 Å². The second kappa shape index (κ2) is 8.27. The van der Waals surface area contributed by atoms with Crippen LogP contribution >= 0.6 is 0 Å². The van der Waals surface area contributed by atoms with E-state index in [1.165, 1.54) is 0 Å². The van der Waals surface area contributed by atoms with E-state index in [9.17, 15) is 8.42 Å². The van der Waals surface area contributed by atoms with E-state index >= 15 is 0 Å². The summed E-state index contributed by atoms with van der Waals surface area (Å²) in [5.41, 5.74) is 6.82. The molecular weight excluding hydrogens is 274 g/mol. The number of ether oxygens (including phenoxy) is 1. The van der Waals surface area contributed by atoms with Crippen LogP contribution in [-0.4, -0.2) is 26.5 Å². The number of unbranched alkanes of at least 4 members (excludes halogenated alkanes) is 2. The molecule has 0 fully saturated rings. The van der Waals surface area contributed by atoms with Gasteiger partial charge in [0, 0.05) is 6.04 Å². The van der Waals surface area contributed by atoms with Crippen molar-refractivity contribution in [3.05, 3.63) is 29.8 Å². The second-order valence-corrected chi connectivity index (χ2v) is 7.16. The Morgan fingerprint density at radius 1 is 1.15 bits per heavy atom. The van der Waals surface area contributed by atoms with Gasteiger partial charge in [0.1, 0.15) is 5.75 Å². The van der Waals surface area contributed by atoms with Crippen LogP contribution < -0.4 is 10.5 Å². The Morgan fingerprint density at radius 2 is 1.80 bits per heavy atom. The topological polar surface area (TPSA) is 69.4 Å². The monoisotopic (exact) mass is 299 g/mol.